The zero-order valence-electron chi connectivity index (χ0n) is 11.8. The summed E-state index contributed by atoms with van der Waals surface area (Å²) >= 11 is 3.43. The Balaban J connectivity index is 2.09. The smallest absolute Gasteiger partial charge is 0.175 e. The number of rotatable bonds is 7. The van der Waals surface area contributed by atoms with Crippen LogP contribution in [0.5, 0.6) is 11.5 Å². The summed E-state index contributed by atoms with van der Waals surface area (Å²) < 4.78 is 12.1. The average molecular weight is 349 g/mol. The van der Waals surface area contributed by atoms with Crippen LogP contribution in [0.1, 0.15) is 22.8 Å². The van der Waals surface area contributed by atoms with E-state index in [1.807, 2.05) is 25.1 Å². The Bertz CT molecular complexity index is 596. The van der Waals surface area contributed by atoms with E-state index >= 15 is 0 Å². The topological polar surface area (TPSA) is 35.5 Å². The fourth-order valence-corrected chi connectivity index (χ4v) is 2.55. The van der Waals surface area contributed by atoms with Gasteiger partial charge in [0.25, 0.3) is 0 Å². The molecule has 0 spiro atoms. The molecule has 21 heavy (non-hydrogen) atoms. The van der Waals surface area contributed by atoms with Gasteiger partial charge in [0, 0.05) is 12.0 Å². The Morgan fingerprint density at radius 1 is 1.14 bits per heavy atom. The number of ether oxygens (including phenoxy) is 2. The molecule has 2 rings (SSSR count). The number of carbonyl (C=O) groups is 1. The molecule has 0 saturated carbocycles. The molecule has 0 fully saturated rings. The van der Waals surface area contributed by atoms with Crippen molar-refractivity contribution in [3.05, 3.63) is 58.1 Å². The molecule has 0 unspecified atom stereocenters. The van der Waals surface area contributed by atoms with Crippen LogP contribution >= 0.6 is 15.9 Å². The highest BCUT2D eigenvalue weighted by molar-refractivity contribution is 9.10. The van der Waals surface area contributed by atoms with E-state index in [0.29, 0.717) is 30.3 Å². The van der Waals surface area contributed by atoms with Gasteiger partial charge in [-0.3, -0.25) is 4.79 Å². The first kappa shape index (κ1) is 15.6. The van der Waals surface area contributed by atoms with Crippen molar-refractivity contribution in [1.29, 1.82) is 0 Å². The molecule has 0 bridgehead atoms. The van der Waals surface area contributed by atoms with Gasteiger partial charge in [0.2, 0.25) is 0 Å². The van der Waals surface area contributed by atoms with E-state index in [1.54, 1.807) is 12.1 Å². The van der Waals surface area contributed by atoms with Crippen LogP contribution in [0.4, 0.5) is 0 Å². The first-order chi connectivity index (χ1) is 10.2. The molecule has 0 aliphatic carbocycles. The van der Waals surface area contributed by atoms with Crippen LogP contribution in [0.3, 0.4) is 0 Å². The normalized spacial score (nSPS) is 10.2. The summed E-state index contributed by atoms with van der Waals surface area (Å²) in [5.41, 5.74) is 1.77. The van der Waals surface area contributed by atoms with Crippen LogP contribution in [-0.2, 0) is 6.42 Å². The van der Waals surface area contributed by atoms with Gasteiger partial charge in [-0.15, -0.1) is 0 Å². The first-order valence-electron chi connectivity index (χ1n) is 6.83. The van der Waals surface area contributed by atoms with Crippen molar-refractivity contribution in [3.8, 4) is 11.5 Å². The summed E-state index contributed by atoms with van der Waals surface area (Å²) in [7, 11) is 0. The number of hydrogen-bond acceptors (Lipinski definition) is 3. The van der Waals surface area contributed by atoms with Gasteiger partial charge in [0.15, 0.2) is 11.5 Å². The van der Waals surface area contributed by atoms with Crippen molar-refractivity contribution in [1.82, 2.24) is 0 Å². The van der Waals surface area contributed by atoms with Crippen molar-refractivity contribution in [2.24, 2.45) is 0 Å². The third-order valence-corrected chi connectivity index (χ3v) is 3.54. The van der Waals surface area contributed by atoms with E-state index in [2.05, 4.69) is 28.1 Å². The fraction of sp³-hybridized carbons (Fsp3) is 0.235. The maximum absolute atomic E-state index is 10.9. The number of aldehydes is 1. The minimum Gasteiger partial charge on any atom is -0.490 e. The van der Waals surface area contributed by atoms with Gasteiger partial charge in [0.1, 0.15) is 6.29 Å². The van der Waals surface area contributed by atoms with Crippen LogP contribution in [0.25, 0.3) is 0 Å². The quantitative estimate of drug-likeness (QED) is 0.700. The molecule has 0 aliphatic rings. The number of carbonyl (C=O) groups excluding carboxylic acids is 1. The van der Waals surface area contributed by atoms with E-state index in [4.69, 9.17) is 9.47 Å². The minimum absolute atomic E-state index is 0.518. The fourth-order valence-electron chi connectivity index (χ4n) is 1.97. The molecule has 0 atom stereocenters. The summed E-state index contributed by atoms with van der Waals surface area (Å²) in [4.78, 5) is 10.9. The highest BCUT2D eigenvalue weighted by Gasteiger charge is 2.12. The molecule has 0 saturated heterocycles. The van der Waals surface area contributed by atoms with Crippen LogP contribution in [0.2, 0.25) is 0 Å². The van der Waals surface area contributed by atoms with Gasteiger partial charge in [-0.05, 0) is 40.5 Å². The molecule has 2 aromatic rings. The van der Waals surface area contributed by atoms with Crippen molar-refractivity contribution in [2.45, 2.75) is 13.3 Å². The van der Waals surface area contributed by atoms with E-state index in [-0.39, 0.29) is 0 Å². The monoisotopic (exact) mass is 348 g/mol. The largest absolute Gasteiger partial charge is 0.490 e. The first-order valence-corrected chi connectivity index (χ1v) is 7.62. The van der Waals surface area contributed by atoms with Crippen LogP contribution in [-0.4, -0.2) is 19.5 Å². The SMILES string of the molecule is CCOc1cc(C=O)cc(Br)c1OCCc1ccccc1. The molecule has 0 heterocycles. The van der Waals surface area contributed by atoms with Gasteiger partial charge < -0.3 is 9.47 Å². The predicted octanol–water partition coefficient (Wildman–Crippen LogP) is 4.28. The van der Waals surface area contributed by atoms with E-state index in [0.717, 1.165) is 17.2 Å². The van der Waals surface area contributed by atoms with Crippen molar-refractivity contribution in [3.63, 3.8) is 0 Å². The highest BCUT2D eigenvalue weighted by atomic mass is 79.9. The van der Waals surface area contributed by atoms with Crippen LogP contribution < -0.4 is 9.47 Å². The second kappa shape index (κ2) is 7.84. The molecular weight excluding hydrogens is 332 g/mol. The second-order valence-electron chi connectivity index (χ2n) is 4.46. The summed E-state index contributed by atoms with van der Waals surface area (Å²) in [6, 6.07) is 13.6. The molecule has 0 aliphatic heterocycles. The van der Waals surface area contributed by atoms with Crippen molar-refractivity contribution < 1.29 is 14.3 Å². The predicted molar refractivity (Wildman–Crippen MR) is 86.3 cm³/mol. The average Bonchev–Trinajstić information content (AvgIpc) is 2.51. The summed E-state index contributed by atoms with van der Waals surface area (Å²) in [6.07, 6.45) is 1.61. The Hall–Kier alpha value is -1.81. The third kappa shape index (κ3) is 4.33. The second-order valence-corrected chi connectivity index (χ2v) is 5.32. The molecule has 4 heteroatoms. The zero-order valence-corrected chi connectivity index (χ0v) is 13.4. The molecule has 0 aromatic heterocycles. The summed E-state index contributed by atoms with van der Waals surface area (Å²) in [6.45, 7) is 2.96. The maximum atomic E-state index is 10.9. The summed E-state index contributed by atoms with van der Waals surface area (Å²) in [5, 5.41) is 0. The lowest BCUT2D eigenvalue weighted by atomic mass is 10.2. The Labute approximate surface area is 133 Å². The molecule has 2 aromatic carbocycles. The Morgan fingerprint density at radius 3 is 2.57 bits per heavy atom. The highest BCUT2D eigenvalue weighted by Crippen LogP contribution is 2.36. The lowest BCUT2D eigenvalue weighted by Gasteiger charge is -2.14. The van der Waals surface area contributed by atoms with Gasteiger partial charge in [0.05, 0.1) is 17.7 Å². The third-order valence-electron chi connectivity index (χ3n) is 2.95. The maximum Gasteiger partial charge on any atom is 0.175 e. The number of halogens is 1. The van der Waals surface area contributed by atoms with Crippen LogP contribution in [0.15, 0.2) is 46.9 Å². The lowest BCUT2D eigenvalue weighted by Crippen LogP contribution is -2.04. The van der Waals surface area contributed by atoms with Gasteiger partial charge in [-0.2, -0.15) is 0 Å². The summed E-state index contributed by atoms with van der Waals surface area (Å²) in [5.74, 6) is 1.22. The molecule has 110 valence electrons. The minimum atomic E-state index is 0.518. The Morgan fingerprint density at radius 2 is 1.90 bits per heavy atom. The van der Waals surface area contributed by atoms with Gasteiger partial charge >= 0.3 is 0 Å². The molecule has 0 amide bonds. The van der Waals surface area contributed by atoms with Gasteiger partial charge in [-0.25, -0.2) is 0 Å². The lowest BCUT2D eigenvalue weighted by molar-refractivity contribution is 0.112. The molecule has 0 radical (unpaired) electrons. The molecular formula is C17H17BrO3. The van der Waals surface area contributed by atoms with Gasteiger partial charge in [-0.1, -0.05) is 30.3 Å². The standard InChI is InChI=1S/C17H17BrO3/c1-2-20-16-11-14(12-19)10-15(18)17(16)21-9-8-13-6-4-3-5-7-13/h3-7,10-12H,2,8-9H2,1H3. The molecule has 0 N–H and O–H groups in total. The van der Waals surface area contributed by atoms with Crippen LogP contribution in [0, 0.1) is 0 Å². The number of benzene rings is 2. The van der Waals surface area contributed by atoms with E-state index < -0.39 is 0 Å². The molecule has 3 nitrogen and oxygen atoms in total. The van der Waals surface area contributed by atoms with E-state index in [9.17, 15) is 4.79 Å². The zero-order chi connectivity index (χ0) is 15.1. The number of hydrogen-bond donors (Lipinski definition) is 0. The van der Waals surface area contributed by atoms with E-state index in [1.165, 1.54) is 5.56 Å². The Kier molecular flexibility index (Phi) is 5.81. The van der Waals surface area contributed by atoms with Crippen molar-refractivity contribution in [2.75, 3.05) is 13.2 Å². The van der Waals surface area contributed by atoms with Crippen molar-refractivity contribution >= 4 is 22.2 Å².